The van der Waals surface area contributed by atoms with Gasteiger partial charge in [-0.05, 0) is 32.2 Å². The van der Waals surface area contributed by atoms with E-state index in [4.69, 9.17) is 4.74 Å². The molecule has 0 spiro atoms. The highest BCUT2D eigenvalue weighted by Gasteiger charge is 2.17. The molecule has 0 aromatic heterocycles. The normalized spacial score (nSPS) is 18.7. The molecule has 0 amide bonds. The molecule has 1 aliphatic rings. The van der Waals surface area contributed by atoms with Crippen molar-refractivity contribution >= 4 is 11.8 Å². The molecule has 1 rings (SSSR count). The second-order valence-corrected chi connectivity index (χ2v) is 6.30. The van der Waals surface area contributed by atoms with Crippen LogP contribution in [0.5, 0.6) is 0 Å². The van der Waals surface area contributed by atoms with E-state index in [9.17, 15) is 0 Å². The highest BCUT2D eigenvalue weighted by atomic mass is 32.2. The van der Waals surface area contributed by atoms with Gasteiger partial charge in [0.15, 0.2) is 0 Å². The Balaban J connectivity index is 2.13. The molecule has 17 heavy (non-hydrogen) atoms. The third-order valence-corrected chi connectivity index (χ3v) is 4.72. The average molecular weight is 259 g/mol. The zero-order valence-corrected chi connectivity index (χ0v) is 12.4. The Morgan fingerprint density at radius 2 is 2.00 bits per heavy atom. The first-order chi connectivity index (χ1) is 8.36. The molecule has 0 aromatic carbocycles. The second kappa shape index (κ2) is 10.2. The Bertz CT molecular complexity index is 172. The van der Waals surface area contributed by atoms with Gasteiger partial charge >= 0.3 is 0 Å². The monoisotopic (exact) mass is 259 g/mol. The van der Waals surface area contributed by atoms with Crippen LogP contribution < -0.4 is 5.32 Å². The zero-order chi connectivity index (χ0) is 12.3. The average Bonchev–Trinajstić information content (AvgIpc) is 2.85. The minimum absolute atomic E-state index is 0.548. The molecule has 1 unspecified atom stereocenters. The van der Waals surface area contributed by atoms with Gasteiger partial charge in [-0.2, -0.15) is 11.8 Å². The predicted molar refractivity (Wildman–Crippen MR) is 77.9 cm³/mol. The van der Waals surface area contributed by atoms with Crippen LogP contribution in [0, 0.1) is 0 Å². The van der Waals surface area contributed by atoms with Crippen LogP contribution in [-0.2, 0) is 4.74 Å². The van der Waals surface area contributed by atoms with Crippen molar-refractivity contribution in [1.82, 2.24) is 5.32 Å². The summed E-state index contributed by atoms with van der Waals surface area (Å²) in [5.41, 5.74) is 0. The highest BCUT2D eigenvalue weighted by molar-refractivity contribution is 7.99. The Kier molecular flexibility index (Phi) is 9.21. The van der Waals surface area contributed by atoms with Crippen molar-refractivity contribution in [2.24, 2.45) is 0 Å². The first-order valence-corrected chi connectivity index (χ1v) is 8.34. The van der Waals surface area contributed by atoms with E-state index in [0.717, 1.165) is 31.4 Å². The molecule has 0 radical (unpaired) electrons. The van der Waals surface area contributed by atoms with Crippen molar-refractivity contribution in [2.45, 2.75) is 63.7 Å². The van der Waals surface area contributed by atoms with E-state index in [1.54, 1.807) is 0 Å². The largest absolute Gasteiger partial charge is 0.380 e. The molecule has 1 saturated carbocycles. The van der Waals surface area contributed by atoms with Gasteiger partial charge in [0.1, 0.15) is 0 Å². The van der Waals surface area contributed by atoms with Gasteiger partial charge in [-0.15, -0.1) is 0 Å². The van der Waals surface area contributed by atoms with Gasteiger partial charge in [0.05, 0.1) is 6.61 Å². The van der Waals surface area contributed by atoms with Crippen LogP contribution in [0.4, 0.5) is 0 Å². The Morgan fingerprint density at radius 3 is 2.65 bits per heavy atom. The molecule has 0 bridgehead atoms. The summed E-state index contributed by atoms with van der Waals surface area (Å²) in [4.78, 5) is 0. The van der Waals surface area contributed by atoms with Crippen molar-refractivity contribution in [3.8, 4) is 0 Å². The molecule has 3 heteroatoms. The lowest BCUT2D eigenvalue weighted by Crippen LogP contribution is -2.36. The highest BCUT2D eigenvalue weighted by Crippen LogP contribution is 2.29. The van der Waals surface area contributed by atoms with Gasteiger partial charge in [0.2, 0.25) is 0 Å². The number of rotatable bonds is 10. The number of thioether (sulfide) groups is 1. The minimum Gasteiger partial charge on any atom is -0.380 e. The molecular formula is C14H29NOS. The second-order valence-electron chi connectivity index (χ2n) is 4.97. The Morgan fingerprint density at radius 1 is 1.24 bits per heavy atom. The van der Waals surface area contributed by atoms with Crippen molar-refractivity contribution in [2.75, 3.05) is 25.5 Å². The molecule has 1 fully saturated rings. The lowest BCUT2D eigenvalue weighted by molar-refractivity contribution is 0.117. The van der Waals surface area contributed by atoms with Crippen LogP contribution in [0.25, 0.3) is 0 Å². The molecule has 0 aliphatic heterocycles. The fraction of sp³-hybridized carbons (Fsp3) is 1.00. The first kappa shape index (κ1) is 15.3. The third kappa shape index (κ3) is 7.32. The summed E-state index contributed by atoms with van der Waals surface area (Å²) in [6.07, 6.45) is 8.07. The van der Waals surface area contributed by atoms with Crippen molar-refractivity contribution in [1.29, 1.82) is 0 Å². The quantitative estimate of drug-likeness (QED) is 0.607. The predicted octanol–water partition coefficient (Wildman–Crippen LogP) is 3.46. The summed E-state index contributed by atoms with van der Waals surface area (Å²) in [7, 11) is 0. The third-order valence-electron chi connectivity index (χ3n) is 3.19. The molecular weight excluding hydrogens is 230 g/mol. The Hall–Kier alpha value is 0.270. The molecule has 1 atom stereocenters. The lowest BCUT2D eigenvalue weighted by atomic mass is 10.3. The van der Waals surface area contributed by atoms with E-state index >= 15 is 0 Å². The number of nitrogens with one attached hydrogen (secondary N) is 1. The number of hydrogen-bond donors (Lipinski definition) is 1. The molecule has 0 saturated heterocycles. The van der Waals surface area contributed by atoms with Gasteiger partial charge < -0.3 is 10.1 Å². The molecule has 2 nitrogen and oxygen atoms in total. The van der Waals surface area contributed by atoms with E-state index in [-0.39, 0.29) is 0 Å². The molecule has 1 aliphatic carbocycles. The smallest absolute Gasteiger partial charge is 0.0627 e. The first-order valence-electron chi connectivity index (χ1n) is 7.29. The van der Waals surface area contributed by atoms with Crippen molar-refractivity contribution < 1.29 is 4.74 Å². The molecule has 1 N–H and O–H groups in total. The summed E-state index contributed by atoms with van der Waals surface area (Å²) < 4.78 is 5.68. The van der Waals surface area contributed by atoms with Gasteiger partial charge in [0.25, 0.3) is 0 Å². The summed E-state index contributed by atoms with van der Waals surface area (Å²) >= 11 is 2.16. The van der Waals surface area contributed by atoms with Crippen LogP contribution in [0.2, 0.25) is 0 Å². The van der Waals surface area contributed by atoms with Gasteiger partial charge in [-0.25, -0.2) is 0 Å². The van der Waals surface area contributed by atoms with Crippen LogP contribution in [0.3, 0.4) is 0 Å². The van der Waals surface area contributed by atoms with E-state index in [2.05, 4.69) is 30.9 Å². The van der Waals surface area contributed by atoms with E-state index in [1.807, 2.05) is 0 Å². The standard InChI is InChI=1S/C14H29NOS/c1-3-9-15-13(11-16-10-4-2)12-17-14-7-5-6-8-14/h13-15H,3-12H2,1-2H3. The Labute approximate surface area is 111 Å². The van der Waals surface area contributed by atoms with Crippen molar-refractivity contribution in [3.63, 3.8) is 0 Å². The lowest BCUT2D eigenvalue weighted by Gasteiger charge is -2.20. The van der Waals surface area contributed by atoms with E-state index < -0.39 is 0 Å². The van der Waals surface area contributed by atoms with Crippen LogP contribution in [-0.4, -0.2) is 36.8 Å². The van der Waals surface area contributed by atoms with Gasteiger partial charge in [-0.1, -0.05) is 26.7 Å². The van der Waals surface area contributed by atoms with E-state index in [1.165, 1.54) is 37.9 Å². The molecule has 102 valence electrons. The fourth-order valence-electron chi connectivity index (χ4n) is 2.19. The minimum atomic E-state index is 0.548. The maximum atomic E-state index is 5.68. The maximum Gasteiger partial charge on any atom is 0.0627 e. The van der Waals surface area contributed by atoms with Crippen LogP contribution >= 0.6 is 11.8 Å². The van der Waals surface area contributed by atoms with Crippen molar-refractivity contribution in [3.05, 3.63) is 0 Å². The number of hydrogen-bond acceptors (Lipinski definition) is 3. The summed E-state index contributed by atoms with van der Waals surface area (Å²) in [6, 6.07) is 0.548. The van der Waals surface area contributed by atoms with Crippen LogP contribution in [0.1, 0.15) is 52.4 Å². The summed E-state index contributed by atoms with van der Waals surface area (Å²) in [6.45, 7) is 7.29. The molecule has 0 heterocycles. The zero-order valence-electron chi connectivity index (χ0n) is 11.5. The van der Waals surface area contributed by atoms with E-state index in [0.29, 0.717) is 6.04 Å². The van der Waals surface area contributed by atoms with Gasteiger partial charge in [0, 0.05) is 23.7 Å². The van der Waals surface area contributed by atoms with Crippen LogP contribution in [0.15, 0.2) is 0 Å². The topological polar surface area (TPSA) is 21.3 Å². The molecule has 0 aromatic rings. The van der Waals surface area contributed by atoms with Gasteiger partial charge in [-0.3, -0.25) is 0 Å². The summed E-state index contributed by atoms with van der Waals surface area (Å²) in [5, 5.41) is 4.53. The fourth-order valence-corrected chi connectivity index (χ4v) is 3.58. The SMILES string of the molecule is CCCNC(COCCC)CSC1CCCC1. The maximum absolute atomic E-state index is 5.68. The summed E-state index contributed by atoms with van der Waals surface area (Å²) in [5.74, 6) is 1.22. The number of ether oxygens (including phenoxy) is 1.